The van der Waals surface area contributed by atoms with Crippen LogP contribution in [0.5, 0.6) is 0 Å². The van der Waals surface area contributed by atoms with Gasteiger partial charge in [0.05, 0.1) is 5.56 Å². The molecule has 6 rings (SSSR count). The lowest BCUT2D eigenvalue weighted by molar-refractivity contribution is -0.215. The number of nitrogens with zero attached hydrogens (tertiary/aromatic N) is 2. The molecule has 8 heteroatoms. The van der Waals surface area contributed by atoms with Crippen molar-refractivity contribution in [2.75, 3.05) is 7.11 Å². The molecule has 0 saturated heterocycles. The molecule has 1 aromatic carbocycles. The van der Waals surface area contributed by atoms with Crippen LogP contribution < -0.4 is 0 Å². The topological polar surface area (TPSA) is 48.2 Å². The van der Waals surface area contributed by atoms with Crippen LogP contribution in [-0.4, -0.2) is 23.3 Å². The Morgan fingerprint density at radius 3 is 2.47 bits per heavy atom. The number of benzene rings is 1. The van der Waals surface area contributed by atoms with Gasteiger partial charge in [-0.05, 0) is 43.1 Å². The number of hydrogen-bond acceptors (Lipinski definition) is 5. The summed E-state index contributed by atoms with van der Waals surface area (Å²) in [5.74, 6) is 2.81. The molecule has 2 aromatic heterocycles. The summed E-state index contributed by atoms with van der Waals surface area (Å²) in [7, 11) is 1.07. The van der Waals surface area contributed by atoms with Crippen molar-refractivity contribution in [1.29, 1.82) is 0 Å². The Bertz CT molecular complexity index is 1040. The van der Waals surface area contributed by atoms with Crippen LogP contribution in [0.3, 0.4) is 0 Å². The van der Waals surface area contributed by atoms with Crippen molar-refractivity contribution in [2.45, 2.75) is 63.6 Å². The lowest BCUT2D eigenvalue weighted by Crippen LogP contribution is -2.22. The number of alkyl halides is 3. The van der Waals surface area contributed by atoms with Crippen molar-refractivity contribution in [3.8, 4) is 10.6 Å². The molecule has 32 heavy (non-hydrogen) atoms. The van der Waals surface area contributed by atoms with E-state index in [1.54, 1.807) is 12.3 Å². The van der Waals surface area contributed by atoms with Gasteiger partial charge in [0.25, 0.3) is 0 Å². The van der Waals surface area contributed by atoms with Gasteiger partial charge >= 0.3 is 6.18 Å². The quantitative estimate of drug-likeness (QED) is 0.383. The monoisotopic (exact) mass is 464 g/mol. The predicted molar refractivity (Wildman–Crippen MR) is 117 cm³/mol. The number of thiazole rings is 1. The van der Waals surface area contributed by atoms with Crippen molar-refractivity contribution in [2.24, 2.45) is 17.8 Å². The van der Waals surface area contributed by atoms with Crippen LogP contribution in [0, 0.1) is 17.8 Å². The standard InChI is InChI=1S/C24H27F3N2O2S/c1-30-22(24(25,26)27)17-7-8-18(23-28-10-11-32-23)21-20(17)29-19(31-21)9-6-16-12-14-2-3-15(13-16)5-4-14/h7-8,10-11,14-16,22H,2-6,9,12-13H2,1H3. The van der Waals surface area contributed by atoms with Crippen LogP contribution in [0.25, 0.3) is 21.7 Å². The highest BCUT2D eigenvalue weighted by Gasteiger charge is 2.43. The first-order valence-electron chi connectivity index (χ1n) is 11.3. The fraction of sp³-hybridized carbons (Fsp3) is 0.583. The highest BCUT2D eigenvalue weighted by Crippen LogP contribution is 2.44. The van der Waals surface area contributed by atoms with Crippen molar-refractivity contribution in [1.82, 2.24) is 9.97 Å². The van der Waals surface area contributed by atoms with E-state index in [4.69, 9.17) is 9.15 Å². The van der Waals surface area contributed by atoms with Crippen LogP contribution in [-0.2, 0) is 11.2 Å². The van der Waals surface area contributed by atoms with Crippen molar-refractivity contribution < 1.29 is 22.3 Å². The van der Waals surface area contributed by atoms with E-state index in [9.17, 15) is 13.2 Å². The molecule has 1 atom stereocenters. The molecule has 3 aliphatic rings. The predicted octanol–water partition coefficient (Wildman–Crippen LogP) is 7.35. The molecule has 3 saturated carbocycles. The zero-order valence-corrected chi connectivity index (χ0v) is 18.8. The minimum Gasteiger partial charge on any atom is -0.440 e. The van der Waals surface area contributed by atoms with Crippen LogP contribution in [0.2, 0.25) is 0 Å². The van der Waals surface area contributed by atoms with Gasteiger partial charge in [-0.2, -0.15) is 13.2 Å². The smallest absolute Gasteiger partial charge is 0.418 e. The summed E-state index contributed by atoms with van der Waals surface area (Å²) < 4.78 is 51.8. The summed E-state index contributed by atoms with van der Waals surface area (Å²) in [6.45, 7) is 0. The average Bonchev–Trinajstić information content (AvgIpc) is 3.35. The number of fused-ring (bicyclic) bond motifs is 5. The van der Waals surface area contributed by atoms with Gasteiger partial charge in [0.15, 0.2) is 17.6 Å². The number of methoxy groups -OCH3 is 1. The first-order chi connectivity index (χ1) is 15.4. The molecule has 0 N–H and O–H groups in total. The van der Waals surface area contributed by atoms with Crippen LogP contribution in [0.4, 0.5) is 13.2 Å². The maximum atomic E-state index is 13.6. The van der Waals surface area contributed by atoms with E-state index in [2.05, 4.69) is 9.97 Å². The second-order valence-electron chi connectivity index (χ2n) is 9.25. The Morgan fingerprint density at radius 2 is 1.88 bits per heavy atom. The molecule has 3 aromatic rings. The summed E-state index contributed by atoms with van der Waals surface area (Å²) in [6.07, 6.45) is 4.59. The highest BCUT2D eigenvalue weighted by atomic mass is 32.1. The second kappa shape index (κ2) is 8.78. The zero-order valence-electron chi connectivity index (χ0n) is 18.0. The van der Waals surface area contributed by atoms with Gasteiger partial charge in [-0.25, -0.2) is 9.97 Å². The Hall–Kier alpha value is -1.93. The van der Waals surface area contributed by atoms with Crippen LogP contribution in [0.15, 0.2) is 28.1 Å². The maximum Gasteiger partial charge on any atom is 0.418 e. The Kier molecular flexibility index (Phi) is 6.01. The zero-order chi connectivity index (χ0) is 22.3. The summed E-state index contributed by atoms with van der Waals surface area (Å²) in [5.41, 5.74) is 1.23. The molecule has 0 amide bonds. The van der Waals surface area contributed by atoms with E-state index in [1.807, 2.05) is 5.38 Å². The molecule has 3 aliphatic carbocycles. The van der Waals surface area contributed by atoms with Crippen molar-refractivity contribution >= 4 is 22.4 Å². The third kappa shape index (κ3) is 4.31. The number of aryl methyl sites for hydroxylation is 1. The van der Waals surface area contributed by atoms with Gasteiger partial charge < -0.3 is 9.15 Å². The number of rotatable bonds is 6. The summed E-state index contributed by atoms with van der Waals surface area (Å²) >= 11 is 1.42. The normalized spacial score (nSPS) is 24.7. The summed E-state index contributed by atoms with van der Waals surface area (Å²) in [5, 5.41) is 2.53. The fourth-order valence-corrected chi connectivity index (χ4v) is 6.32. The van der Waals surface area contributed by atoms with E-state index in [0.717, 1.165) is 25.4 Å². The van der Waals surface area contributed by atoms with Crippen molar-refractivity contribution in [3.05, 3.63) is 35.2 Å². The van der Waals surface area contributed by atoms with E-state index >= 15 is 0 Å². The summed E-state index contributed by atoms with van der Waals surface area (Å²) in [6, 6.07) is 3.07. The number of aromatic nitrogens is 2. The molecule has 2 heterocycles. The molecule has 2 bridgehead atoms. The lowest BCUT2D eigenvalue weighted by Gasteiger charge is -2.22. The molecule has 4 nitrogen and oxygen atoms in total. The first-order valence-corrected chi connectivity index (χ1v) is 12.2. The maximum absolute atomic E-state index is 13.6. The van der Waals surface area contributed by atoms with Gasteiger partial charge in [0, 0.05) is 30.7 Å². The molecule has 0 radical (unpaired) electrons. The highest BCUT2D eigenvalue weighted by molar-refractivity contribution is 7.13. The Morgan fingerprint density at radius 1 is 1.16 bits per heavy atom. The first kappa shape index (κ1) is 21.9. The minimum absolute atomic E-state index is 0.0159. The molecule has 1 unspecified atom stereocenters. The number of oxazole rings is 1. The van der Waals surface area contributed by atoms with E-state index in [1.165, 1.54) is 55.9 Å². The van der Waals surface area contributed by atoms with E-state index < -0.39 is 12.3 Å². The van der Waals surface area contributed by atoms with E-state index in [-0.39, 0.29) is 11.1 Å². The van der Waals surface area contributed by atoms with Gasteiger partial charge in [-0.3, -0.25) is 0 Å². The second-order valence-corrected chi connectivity index (χ2v) is 10.1. The number of hydrogen-bond donors (Lipinski definition) is 0. The van der Waals surface area contributed by atoms with Crippen molar-refractivity contribution in [3.63, 3.8) is 0 Å². The third-order valence-electron chi connectivity index (χ3n) is 7.16. The molecule has 172 valence electrons. The molecule has 0 spiro atoms. The molecular formula is C24H27F3N2O2S. The minimum atomic E-state index is -4.54. The lowest BCUT2D eigenvalue weighted by atomic mass is 9.84. The van der Waals surface area contributed by atoms with Gasteiger partial charge in [-0.1, -0.05) is 31.7 Å². The van der Waals surface area contributed by atoms with Crippen LogP contribution in [0.1, 0.15) is 62.5 Å². The summed E-state index contributed by atoms with van der Waals surface area (Å²) in [4.78, 5) is 8.88. The SMILES string of the molecule is COC(c1ccc(-c2nccs2)c2oc(CCC3CC4CCC(CC4)C3)nc12)C(F)(F)F. The molecule has 0 aliphatic heterocycles. The number of ether oxygens (including phenoxy) is 1. The molecule has 3 fully saturated rings. The third-order valence-corrected chi connectivity index (χ3v) is 7.97. The fourth-order valence-electron chi connectivity index (χ4n) is 5.66. The van der Waals surface area contributed by atoms with E-state index in [0.29, 0.717) is 34.4 Å². The van der Waals surface area contributed by atoms with Gasteiger partial charge in [0.1, 0.15) is 10.5 Å². The average molecular weight is 465 g/mol. The van der Waals surface area contributed by atoms with Gasteiger partial charge in [-0.15, -0.1) is 11.3 Å². The molecular weight excluding hydrogens is 437 g/mol. The van der Waals surface area contributed by atoms with Gasteiger partial charge in [0.2, 0.25) is 0 Å². The Balaban J connectivity index is 1.47. The number of halogens is 3. The van der Waals surface area contributed by atoms with Crippen LogP contribution >= 0.6 is 11.3 Å². The Labute approximate surface area is 189 Å². The largest absolute Gasteiger partial charge is 0.440 e.